The van der Waals surface area contributed by atoms with Crippen LogP contribution >= 0.6 is 0 Å². The Morgan fingerprint density at radius 3 is 2.42 bits per heavy atom. The van der Waals surface area contributed by atoms with Crippen LogP contribution in [0.3, 0.4) is 0 Å². The fourth-order valence-corrected chi connectivity index (χ4v) is 2.42. The number of amides is 1. The maximum Gasteiger partial charge on any atom is 0.247 e. The molecule has 126 valence electrons. The minimum absolute atomic E-state index is 0.129. The van der Waals surface area contributed by atoms with Crippen molar-refractivity contribution in [3.63, 3.8) is 0 Å². The molecule has 0 saturated carbocycles. The zero-order valence-corrected chi connectivity index (χ0v) is 14.4. The summed E-state index contributed by atoms with van der Waals surface area (Å²) in [6.45, 7) is 6.22. The molecule has 0 unspecified atom stereocenters. The van der Waals surface area contributed by atoms with E-state index in [1.54, 1.807) is 24.3 Å². The van der Waals surface area contributed by atoms with Gasteiger partial charge in [0.15, 0.2) is 0 Å². The van der Waals surface area contributed by atoms with Crippen LogP contribution in [0.1, 0.15) is 43.4 Å². The molecule has 0 aliphatic carbocycles. The molecule has 0 fully saturated rings. The van der Waals surface area contributed by atoms with Gasteiger partial charge in [0.2, 0.25) is 5.91 Å². The summed E-state index contributed by atoms with van der Waals surface area (Å²) in [4.78, 5) is 12.2. The van der Waals surface area contributed by atoms with Crippen LogP contribution in [0.4, 0.5) is 0 Å². The van der Waals surface area contributed by atoms with Gasteiger partial charge in [0.25, 0.3) is 0 Å². The van der Waals surface area contributed by atoms with Gasteiger partial charge in [0.05, 0.1) is 12.1 Å². The standard InChI is InChI=1S/C20H24N2O2/c1-14(2)12-16-8-10-17(11-9-16)15(3)20(24)22-21-13-18-6-4-5-7-19(18)23/h4-11,13-15,23H,12H2,1-3H3,(H,22,24)/b21-13-/t15-/m0/s1. The molecule has 4 heteroatoms. The molecule has 0 aliphatic heterocycles. The average Bonchev–Trinajstić information content (AvgIpc) is 2.56. The summed E-state index contributed by atoms with van der Waals surface area (Å²) >= 11 is 0. The van der Waals surface area contributed by atoms with Crippen molar-refractivity contribution in [2.24, 2.45) is 11.0 Å². The number of benzene rings is 2. The molecule has 4 nitrogen and oxygen atoms in total. The van der Waals surface area contributed by atoms with Crippen LogP contribution in [-0.2, 0) is 11.2 Å². The zero-order chi connectivity index (χ0) is 17.5. The van der Waals surface area contributed by atoms with Gasteiger partial charge < -0.3 is 5.11 Å². The summed E-state index contributed by atoms with van der Waals surface area (Å²) < 4.78 is 0. The molecule has 0 heterocycles. The second-order valence-corrected chi connectivity index (χ2v) is 6.35. The number of nitrogens with zero attached hydrogens (tertiary/aromatic N) is 1. The van der Waals surface area contributed by atoms with Crippen LogP contribution in [0.15, 0.2) is 53.6 Å². The first-order valence-corrected chi connectivity index (χ1v) is 8.17. The number of nitrogens with one attached hydrogen (secondary N) is 1. The fourth-order valence-electron chi connectivity index (χ4n) is 2.42. The molecule has 0 aliphatic rings. The van der Waals surface area contributed by atoms with Crippen molar-refractivity contribution in [2.45, 2.75) is 33.1 Å². The molecule has 0 spiro atoms. The van der Waals surface area contributed by atoms with Gasteiger partial charge in [-0.15, -0.1) is 0 Å². The third kappa shape index (κ3) is 4.95. The van der Waals surface area contributed by atoms with E-state index in [2.05, 4.69) is 36.5 Å². The van der Waals surface area contributed by atoms with Crippen LogP contribution < -0.4 is 5.43 Å². The topological polar surface area (TPSA) is 61.7 Å². The van der Waals surface area contributed by atoms with Crippen molar-refractivity contribution in [1.82, 2.24) is 5.43 Å². The van der Waals surface area contributed by atoms with Crippen LogP contribution in [-0.4, -0.2) is 17.2 Å². The lowest BCUT2D eigenvalue weighted by molar-refractivity contribution is -0.122. The minimum atomic E-state index is -0.292. The van der Waals surface area contributed by atoms with E-state index >= 15 is 0 Å². The molecule has 2 aromatic carbocycles. The van der Waals surface area contributed by atoms with Gasteiger partial charge in [-0.1, -0.05) is 50.2 Å². The maximum atomic E-state index is 12.2. The number of rotatable bonds is 6. The van der Waals surface area contributed by atoms with E-state index in [0.717, 1.165) is 12.0 Å². The molecule has 0 saturated heterocycles. The van der Waals surface area contributed by atoms with Crippen molar-refractivity contribution in [3.8, 4) is 5.75 Å². The number of carbonyl (C=O) groups excluding carboxylic acids is 1. The molecular formula is C20H24N2O2. The van der Waals surface area contributed by atoms with Crippen molar-refractivity contribution < 1.29 is 9.90 Å². The molecule has 2 rings (SSSR count). The Kier molecular flexibility index (Phi) is 6.13. The summed E-state index contributed by atoms with van der Waals surface area (Å²) in [5.74, 6) is 0.266. The first kappa shape index (κ1) is 17.7. The minimum Gasteiger partial charge on any atom is -0.507 e. The Morgan fingerprint density at radius 2 is 1.79 bits per heavy atom. The summed E-state index contributed by atoms with van der Waals surface area (Å²) in [5.41, 5.74) is 5.31. The quantitative estimate of drug-likeness (QED) is 0.626. The first-order valence-electron chi connectivity index (χ1n) is 8.17. The molecule has 2 N–H and O–H groups in total. The molecule has 0 aromatic heterocycles. The molecule has 1 amide bonds. The third-order valence-electron chi connectivity index (χ3n) is 3.83. The smallest absolute Gasteiger partial charge is 0.247 e. The normalized spacial score (nSPS) is 12.5. The highest BCUT2D eigenvalue weighted by atomic mass is 16.3. The van der Waals surface area contributed by atoms with E-state index in [0.29, 0.717) is 11.5 Å². The zero-order valence-electron chi connectivity index (χ0n) is 14.4. The molecular weight excluding hydrogens is 300 g/mol. The Bertz CT molecular complexity index is 706. The number of hydrogen-bond acceptors (Lipinski definition) is 3. The summed E-state index contributed by atoms with van der Waals surface area (Å²) in [7, 11) is 0. The molecule has 24 heavy (non-hydrogen) atoms. The number of hydrogen-bond donors (Lipinski definition) is 2. The van der Waals surface area contributed by atoms with Crippen molar-refractivity contribution in [1.29, 1.82) is 0 Å². The molecule has 1 atom stereocenters. The highest BCUT2D eigenvalue weighted by molar-refractivity contribution is 5.87. The van der Waals surface area contributed by atoms with Crippen molar-refractivity contribution >= 4 is 12.1 Å². The first-order chi connectivity index (χ1) is 11.5. The predicted molar refractivity (Wildman–Crippen MR) is 97.2 cm³/mol. The van der Waals surface area contributed by atoms with E-state index in [-0.39, 0.29) is 17.6 Å². The molecule has 0 radical (unpaired) electrons. The fraction of sp³-hybridized carbons (Fsp3) is 0.300. The lowest BCUT2D eigenvalue weighted by Crippen LogP contribution is -2.23. The summed E-state index contributed by atoms with van der Waals surface area (Å²) in [5, 5.41) is 13.6. The van der Waals surface area contributed by atoms with Gasteiger partial charge in [-0.3, -0.25) is 4.79 Å². The van der Waals surface area contributed by atoms with Gasteiger partial charge in [0.1, 0.15) is 5.75 Å². The Balaban J connectivity index is 1.95. The van der Waals surface area contributed by atoms with Gasteiger partial charge in [-0.2, -0.15) is 5.10 Å². The third-order valence-corrected chi connectivity index (χ3v) is 3.83. The number of carbonyl (C=O) groups is 1. The van der Waals surface area contributed by atoms with E-state index in [1.165, 1.54) is 11.8 Å². The van der Waals surface area contributed by atoms with Gasteiger partial charge in [-0.25, -0.2) is 5.43 Å². The van der Waals surface area contributed by atoms with Crippen LogP contribution in [0.25, 0.3) is 0 Å². The molecule has 2 aromatic rings. The highest BCUT2D eigenvalue weighted by Gasteiger charge is 2.14. The second-order valence-electron chi connectivity index (χ2n) is 6.35. The number of aromatic hydroxyl groups is 1. The van der Waals surface area contributed by atoms with Crippen molar-refractivity contribution in [3.05, 3.63) is 65.2 Å². The number of para-hydroxylation sites is 1. The van der Waals surface area contributed by atoms with E-state index < -0.39 is 0 Å². The largest absolute Gasteiger partial charge is 0.507 e. The second kappa shape index (κ2) is 8.29. The van der Waals surface area contributed by atoms with Crippen LogP contribution in [0, 0.1) is 5.92 Å². The van der Waals surface area contributed by atoms with Gasteiger partial charge >= 0.3 is 0 Å². The lowest BCUT2D eigenvalue weighted by atomic mass is 9.96. The Labute approximate surface area is 143 Å². The Hall–Kier alpha value is -2.62. The summed E-state index contributed by atoms with van der Waals surface area (Å²) in [6.07, 6.45) is 2.47. The summed E-state index contributed by atoms with van der Waals surface area (Å²) in [6, 6.07) is 15.0. The predicted octanol–water partition coefficient (Wildman–Crippen LogP) is 3.84. The SMILES string of the molecule is CC(C)Cc1ccc([C@H](C)C(=O)N/N=C\c2ccccc2O)cc1. The van der Waals surface area contributed by atoms with Gasteiger partial charge in [-0.05, 0) is 42.5 Å². The van der Waals surface area contributed by atoms with Crippen LogP contribution in [0.5, 0.6) is 5.75 Å². The lowest BCUT2D eigenvalue weighted by Gasteiger charge is -2.11. The van der Waals surface area contributed by atoms with Gasteiger partial charge in [0, 0.05) is 5.56 Å². The monoisotopic (exact) mass is 324 g/mol. The van der Waals surface area contributed by atoms with E-state index in [9.17, 15) is 9.90 Å². The van der Waals surface area contributed by atoms with Crippen molar-refractivity contribution in [2.75, 3.05) is 0 Å². The maximum absolute atomic E-state index is 12.2. The number of phenols is 1. The number of hydrazone groups is 1. The highest BCUT2D eigenvalue weighted by Crippen LogP contribution is 2.18. The Morgan fingerprint density at radius 1 is 1.12 bits per heavy atom. The van der Waals surface area contributed by atoms with E-state index in [1.807, 2.05) is 19.1 Å². The number of phenolic OH excluding ortho intramolecular Hbond substituents is 1. The molecule has 0 bridgehead atoms. The van der Waals surface area contributed by atoms with E-state index in [4.69, 9.17) is 0 Å². The van der Waals surface area contributed by atoms with Crippen LogP contribution in [0.2, 0.25) is 0 Å². The average molecular weight is 324 g/mol.